The van der Waals surface area contributed by atoms with Crippen LogP contribution in [0.3, 0.4) is 0 Å². The highest BCUT2D eigenvalue weighted by Gasteiger charge is 2.09. The Morgan fingerprint density at radius 2 is 1.81 bits per heavy atom. The maximum atomic E-state index is 12.3. The van der Waals surface area contributed by atoms with E-state index < -0.39 is 0 Å². The van der Waals surface area contributed by atoms with Crippen molar-refractivity contribution in [2.75, 3.05) is 20.8 Å². The van der Waals surface area contributed by atoms with E-state index in [1.54, 1.807) is 14.2 Å². The number of rotatable bonds is 7. The number of aromatic nitrogens is 1. The lowest BCUT2D eigenvalue weighted by molar-refractivity contribution is -0.120. The highest BCUT2D eigenvalue weighted by atomic mass is 16.5. The van der Waals surface area contributed by atoms with Gasteiger partial charge in [-0.3, -0.25) is 4.79 Å². The van der Waals surface area contributed by atoms with Gasteiger partial charge in [0.2, 0.25) is 5.91 Å². The molecule has 1 aromatic heterocycles. The number of methoxy groups -OCH3 is 2. The third-order valence-electron chi connectivity index (χ3n) is 4.49. The standard InChI is InChI=1S/C21H24N2O3/c1-15-12-17-6-4-5-7-18(17)23(15)11-10-22-21(24)14-16-8-9-19(25-2)20(13-16)26-3/h4-9,12-13H,10-11,14H2,1-3H3,(H,22,24). The summed E-state index contributed by atoms with van der Waals surface area (Å²) < 4.78 is 12.7. The van der Waals surface area contributed by atoms with Crippen LogP contribution < -0.4 is 14.8 Å². The summed E-state index contributed by atoms with van der Waals surface area (Å²) in [6.45, 7) is 3.42. The van der Waals surface area contributed by atoms with Crippen molar-refractivity contribution < 1.29 is 14.3 Å². The smallest absolute Gasteiger partial charge is 0.224 e. The molecule has 0 aliphatic rings. The van der Waals surface area contributed by atoms with Crippen LogP contribution in [0.5, 0.6) is 11.5 Å². The molecule has 0 radical (unpaired) electrons. The van der Waals surface area contributed by atoms with E-state index in [0.29, 0.717) is 24.5 Å². The van der Waals surface area contributed by atoms with Gasteiger partial charge >= 0.3 is 0 Å². The summed E-state index contributed by atoms with van der Waals surface area (Å²) in [6, 6.07) is 16.0. The van der Waals surface area contributed by atoms with Crippen molar-refractivity contribution in [3.05, 3.63) is 59.8 Å². The molecule has 136 valence electrons. The number of hydrogen-bond donors (Lipinski definition) is 1. The van der Waals surface area contributed by atoms with E-state index in [-0.39, 0.29) is 5.91 Å². The zero-order chi connectivity index (χ0) is 18.5. The van der Waals surface area contributed by atoms with E-state index in [1.807, 2.05) is 30.3 Å². The molecule has 0 saturated heterocycles. The van der Waals surface area contributed by atoms with Crippen LogP contribution in [0.1, 0.15) is 11.3 Å². The van der Waals surface area contributed by atoms with Gasteiger partial charge in [-0.05, 0) is 42.1 Å². The number of carbonyl (C=O) groups is 1. The Bertz CT molecular complexity index is 915. The molecule has 0 fully saturated rings. The van der Waals surface area contributed by atoms with Crippen LogP contribution in [0.15, 0.2) is 48.5 Å². The van der Waals surface area contributed by atoms with Gasteiger partial charge in [-0.15, -0.1) is 0 Å². The molecule has 1 N–H and O–H groups in total. The first-order chi connectivity index (χ1) is 12.6. The number of nitrogens with zero attached hydrogens (tertiary/aromatic N) is 1. The molecule has 1 amide bonds. The van der Waals surface area contributed by atoms with Gasteiger partial charge < -0.3 is 19.4 Å². The summed E-state index contributed by atoms with van der Waals surface area (Å²) in [7, 11) is 3.18. The molecule has 0 aliphatic carbocycles. The molecule has 3 aromatic rings. The van der Waals surface area contributed by atoms with Gasteiger partial charge in [0.25, 0.3) is 0 Å². The highest BCUT2D eigenvalue weighted by molar-refractivity contribution is 5.81. The number of nitrogens with one attached hydrogen (secondary N) is 1. The Labute approximate surface area is 153 Å². The second-order valence-electron chi connectivity index (χ2n) is 6.21. The fraction of sp³-hybridized carbons (Fsp3) is 0.286. The van der Waals surface area contributed by atoms with Crippen molar-refractivity contribution in [1.82, 2.24) is 9.88 Å². The van der Waals surface area contributed by atoms with Crippen molar-refractivity contribution >= 4 is 16.8 Å². The van der Waals surface area contributed by atoms with E-state index in [1.165, 1.54) is 16.6 Å². The molecule has 0 spiro atoms. The first kappa shape index (κ1) is 17.9. The van der Waals surface area contributed by atoms with Gasteiger partial charge in [-0.25, -0.2) is 0 Å². The molecule has 1 heterocycles. The Balaban J connectivity index is 1.58. The van der Waals surface area contributed by atoms with Gasteiger partial charge in [0, 0.05) is 24.3 Å². The van der Waals surface area contributed by atoms with E-state index in [9.17, 15) is 4.79 Å². The number of amides is 1. The van der Waals surface area contributed by atoms with Crippen LogP contribution in [-0.2, 0) is 17.8 Å². The van der Waals surface area contributed by atoms with Crippen molar-refractivity contribution in [1.29, 1.82) is 0 Å². The molecule has 0 bridgehead atoms. The van der Waals surface area contributed by atoms with Crippen LogP contribution >= 0.6 is 0 Å². The fourth-order valence-corrected chi connectivity index (χ4v) is 3.19. The number of ether oxygens (including phenoxy) is 2. The molecule has 5 nitrogen and oxygen atoms in total. The number of para-hydroxylation sites is 1. The monoisotopic (exact) mass is 352 g/mol. The van der Waals surface area contributed by atoms with Gasteiger partial charge in [-0.2, -0.15) is 0 Å². The molecular weight excluding hydrogens is 328 g/mol. The second-order valence-corrected chi connectivity index (χ2v) is 6.21. The normalized spacial score (nSPS) is 10.7. The van der Waals surface area contributed by atoms with E-state index in [4.69, 9.17) is 9.47 Å². The molecular formula is C21H24N2O3. The predicted octanol–water partition coefficient (Wildman–Crippen LogP) is 3.33. The summed E-state index contributed by atoms with van der Waals surface area (Å²) >= 11 is 0. The number of aryl methyl sites for hydroxylation is 1. The summed E-state index contributed by atoms with van der Waals surface area (Å²) in [5.41, 5.74) is 3.28. The maximum Gasteiger partial charge on any atom is 0.224 e. The SMILES string of the molecule is COc1ccc(CC(=O)NCCn2c(C)cc3ccccc32)cc1OC. The van der Waals surface area contributed by atoms with Gasteiger partial charge in [0.1, 0.15) is 0 Å². The van der Waals surface area contributed by atoms with E-state index >= 15 is 0 Å². The largest absolute Gasteiger partial charge is 0.493 e. The van der Waals surface area contributed by atoms with Crippen molar-refractivity contribution in [2.24, 2.45) is 0 Å². The van der Waals surface area contributed by atoms with E-state index in [0.717, 1.165) is 12.1 Å². The molecule has 0 unspecified atom stereocenters. The lowest BCUT2D eigenvalue weighted by Gasteiger charge is -2.11. The number of carbonyl (C=O) groups excluding carboxylic acids is 1. The number of fused-ring (bicyclic) bond motifs is 1. The zero-order valence-corrected chi connectivity index (χ0v) is 15.4. The summed E-state index contributed by atoms with van der Waals surface area (Å²) in [5.74, 6) is 1.28. The molecule has 0 atom stereocenters. The Hall–Kier alpha value is -2.95. The van der Waals surface area contributed by atoms with Gasteiger partial charge in [0.15, 0.2) is 11.5 Å². The minimum atomic E-state index is -0.00802. The van der Waals surface area contributed by atoms with E-state index in [2.05, 4.69) is 35.0 Å². The van der Waals surface area contributed by atoms with Crippen molar-refractivity contribution in [3.63, 3.8) is 0 Å². The third-order valence-corrected chi connectivity index (χ3v) is 4.49. The summed E-state index contributed by atoms with van der Waals surface area (Å²) in [6.07, 6.45) is 0.311. The summed E-state index contributed by atoms with van der Waals surface area (Å²) in [5, 5.41) is 4.22. The quantitative estimate of drug-likeness (QED) is 0.710. The molecule has 0 aliphatic heterocycles. The van der Waals surface area contributed by atoms with Crippen molar-refractivity contribution in [2.45, 2.75) is 19.9 Å². The third kappa shape index (κ3) is 3.82. The lowest BCUT2D eigenvalue weighted by atomic mass is 10.1. The Morgan fingerprint density at radius 1 is 1.04 bits per heavy atom. The fourth-order valence-electron chi connectivity index (χ4n) is 3.19. The van der Waals surface area contributed by atoms with Gasteiger partial charge in [-0.1, -0.05) is 24.3 Å². The predicted molar refractivity (Wildman–Crippen MR) is 103 cm³/mol. The van der Waals surface area contributed by atoms with Crippen LogP contribution in [-0.4, -0.2) is 31.2 Å². The average Bonchev–Trinajstić information content (AvgIpc) is 2.97. The first-order valence-electron chi connectivity index (χ1n) is 8.65. The van der Waals surface area contributed by atoms with Crippen LogP contribution in [0.2, 0.25) is 0 Å². The Kier molecular flexibility index (Phi) is 5.46. The van der Waals surface area contributed by atoms with Crippen LogP contribution in [0.25, 0.3) is 10.9 Å². The maximum absolute atomic E-state index is 12.3. The topological polar surface area (TPSA) is 52.5 Å². The molecule has 2 aromatic carbocycles. The molecule has 26 heavy (non-hydrogen) atoms. The van der Waals surface area contributed by atoms with Crippen molar-refractivity contribution in [3.8, 4) is 11.5 Å². The minimum absolute atomic E-state index is 0.00802. The highest BCUT2D eigenvalue weighted by Crippen LogP contribution is 2.27. The van der Waals surface area contributed by atoms with Gasteiger partial charge in [0.05, 0.1) is 20.6 Å². The Morgan fingerprint density at radius 3 is 2.58 bits per heavy atom. The molecule has 3 rings (SSSR count). The van der Waals surface area contributed by atoms with Crippen LogP contribution in [0, 0.1) is 6.92 Å². The second kappa shape index (κ2) is 7.95. The van der Waals surface area contributed by atoms with Crippen LogP contribution in [0.4, 0.5) is 0 Å². The molecule has 0 saturated carbocycles. The zero-order valence-electron chi connectivity index (χ0n) is 15.4. The first-order valence-corrected chi connectivity index (χ1v) is 8.65. The minimum Gasteiger partial charge on any atom is -0.493 e. The molecule has 5 heteroatoms. The number of benzene rings is 2. The number of hydrogen-bond acceptors (Lipinski definition) is 3. The lowest BCUT2D eigenvalue weighted by Crippen LogP contribution is -2.28. The summed E-state index contributed by atoms with van der Waals surface area (Å²) in [4.78, 5) is 12.3. The average molecular weight is 352 g/mol.